The maximum atomic E-state index is 11.8. The molecule has 0 aliphatic rings. The second-order valence-corrected chi connectivity index (χ2v) is 3.89. The highest BCUT2D eigenvalue weighted by Gasteiger charge is 2.16. The third-order valence-corrected chi connectivity index (χ3v) is 2.82. The molecule has 0 aliphatic carbocycles. The third-order valence-electron chi connectivity index (χ3n) is 2.82. The molecule has 0 saturated carbocycles. The van der Waals surface area contributed by atoms with Gasteiger partial charge >= 0.3 is 5.97 Å². The molecule has 2 aromatic rings. The van der Waals surface area contributed by atoms with Gasteiger partial charge in [0.2, 0.25) is 0 Å². The first kappa shape index (κ1) is 12.4. The summed E-state index contributed by atoms with van der Waals surface area (Å²) in [6, 6.07) is 1.92. The average Bonchev–Trinajstić information content (AvgIpc) is 2.88. The number of carbonyl (C=O) groups excluding carboxylic acids is 1. The van der Waals surface area contributed by atoms with Crippen molar-refractivity contribution in [3.63, 3.8) is 0 Å². The molecule has 0 spiro atoms. The normalized spacial score (nSPS) is 10.3. The SMILES string of the molecule is CCOC(=O)c1c[nH]cc1-c1ccncc1CC. The number of pyridine rings is 1. The minimum atomic E-state index is -0.299. The van der Waals surface area contributed by atoms with Gasteiger partial charge in [-0.3, -0.25) is 4.98 Å². The minimum Gasteiger partial charge on any atom is -0.462 e. The summed E-state index contributed by atoms with van der Waals surface area (Å²) in [6.45, 7) is 4.24. The predicted molar refractivity (Wildman–Crippen MR) is 69.4 cm³/mol. The Morgan fingerprint density at radius 1 is 1.33 bits per heavy atom. The van der Waals surface area contributed by atoms with Crippen LogP contribution in [0.5, 0.6) is 0 Å². The van der Waals surface area contributed by atoms with Crippen molar-refractivity contribution in [1.82, 2.24) is 9.97 Å². The first-order valence-electron chi connectivity index (χ1n) is 6.05. The van der Waals surface area contributed by atoms with E-state index in [1.54, 1.807) is 19.3 Å². The van der Waals surface area contributed by atoms with Crippen LogP contribution in [-0.4, -0.2) is 22.5 Å². The van der Waals surface area contributed by atoms with Crippen molar-refractivity contribution in [2.24, 2.45) is 0 Å². The molecule has 2 aromatic heterocycles. The van der Waals surface area contributed by atoms with Gasteiger partial charge in [-0.25, -0.2) is 4.79 Å². The third kappa shape index (κ3) is 2.27. The van der Waals surface area contributed by atoms with Crippen LogP contribution in [0.25, 0.3) is 11.1 Å². The van der Waals surface area contributed by atoms with Crippen molar-refractivity contribution in [2.75, 3.05) is 6.61 Å². The lowest BCUT2D eigenvalue weighted by molar-refractivity contribution is 0.0527. The van der Waals surface area contributed by atoms with Gasteiger partial charge < -0.3 is 9.72 Å². The molecular weight excluding hydrogens is 228 g/mol. The molecule has 94 valence electrons. The van der Waals surface area contributed by atoms with Crippen LogP contribution in [0, 0.1) is 0 Å². The van der Waals surface area contributed by atoms with E-state index in [1.165, 1.54) is 0 Å². The number of aryl methyl sites for hydroxylation is 1. The summed E-state index contributed by atoms with van der Waals surface area (Å²) in [5.74, 6) is -0.299. The number of nitrogens with one attached hydrogen (secondary N) is 1. The summed E-state index contributed by atoms with van der Waals surface area (Å²) < 4.78 is 5.05. The van der Waals surface area contributed by atoms with Gasteiger partial charge in [0.05, 0.1) is 12.2 Å². The Labute approximate surface area is 106 Å². The number of carbonyl (C=O) groups is 1. The van der Waals surface area contributed by atoms with Gasteiger partial charge in [-0.2, -0.15) is 0 Å². The highest BCUT2D eigenvalue weighted by atomic mass is 16.5. The molecule has 0 atom stereocenters. The van der Waals surface area contributed by atoms with Crippen LogP contribution >= 0.6 is 0 Å². The fourth-order valence-corrected chi connectivity index (χ4v) is 1.94. The quantitative estimate of drug-likeness (QED) is 0.841. The van der Waals surface area contributed by atoms with Gasteiger partial charge in [-0.15, -0.1) is 0 Å². The zero-order valence-electron chi connectivity index (χ0n) is 10.6. The molecule has 4 nitrogen and oxygen atoms in total. The molecule has 18 heavy (non-hydrogen) atoms. The van der Waals surface area contributed by atoms with E-state index < -0.39 is 0 Å². The smallest absolute Gasteiger partial charge is 0.340 e. The zero-order valence-corrected chi connectivity index (χ0v) is 10.6. The van der Waals surface area contributed by atoms with Gasteiger partial charge in [0.1, 0.15) is 0 Å². The Kier molecular flexibility index (Phi) is 3.77. The molecule has 0 fully saturated rings. The minimum absolute atomic E-state index is 0.299. The summed E-state index contributed by atoms with van der Waals surface area (Å²) in [4.78, 5) is 18.9. The first-order valence-corrected chi connectivity index (χ1v) is 6.05. The summed E-state index contributed by atoms with van der Waals surface area (Å²) in [6.07, 6.45) is 7.93. The van der Waals surface area contributed by atoms with E-state index in [0.717, 1.165) is 23.1 Å². The second kappa shape index (κ2) is 5.49. The molecule has 0 amide bonds. The first-order chi connectivity index (χ1) is 8.77. The van der Waals surface area contributed by atoms with Crippen molar-refractivity contribution < 1.29 is 9.53 Å². The van der Waals surface area contributed by atoms with E-state index in [2.05, 4.69) is 16.9 Å². The highest BCUT2D eigenvalue weighted by molar-refractivity contribution is 5.97. The van der Waals surface area contributed by atoms with Crippen LogP contribution in [0.1, 0.15) is 29.8 Å². The van der Waals surface area contributed by atoms with Crippen molar-refractivity contribution >= 4 is 5.97 Å². The highest BCUT2D eigenvalue weighted by Crippen LogP contribution is 2.27. The van der Waals surface area contributed by atoms with E-state index in [-0.39, 0.29) is 5.97 Å². The van der Waals surface area contributed by atoms with Crippen LogP contribution in [0.4, 0.5) is 0 Å². The second-order valence-electron chi connectivity index (χ2n) is 3.89. The Hall–Kier alpha value is -2.10. The predicted octanol–water partition coefficient (Wildman–Crippen LogP) is 2.82. The van der Waals surface area contributed by atoms with Gasteiger partial charge in [0, 0.05) is 30.4 Å². The van der Waals surface area contributed by atoms with E-state index in [4.69, 9.17) is 4.74 Å². The van der Waals surface area contributed by atoms with Crippen molar-refractivity contribution in [3.8, 4) is 11.1 Å². The molecule has 0 unspecified atom stereocenters. The summed E-state index contributed by atoms with van der Waals surface area (Å²) in [7, 11) is 0. The average molecular weight is 244 g/mol. The topological polar surface area (TPSA) is 55.0 Å². The van der Waals surface area contributed by atoms with E-state index in [0.29, 0.717) is 12.2 Å². The van der Waals surface area contributed by atoms with E-state index in [9.17, 15) is 4.79 Å². The van der Waals surface area contributed by atoms with Crippen LogP contribution in [0.2, 0.25) is 0 Å². The number of aromatic nitrogens is 2. The molecule has 0 aromatic carbocycles. The Bertz CT molecular complexity index is 546. The fraction of sp³-hybridized carbons (Fsp3) is 0.286. The van der Waals surface area contributed by atoms with Gasteiger partial charge in [0.15, 0.2) is 0 Å². The fourth-order valence-electron chi connectivity index (χ4n) is 1.94. The Balaban J connectivity index is 2.45. The van der Waals surface area contributed by atoms with E-state index >= 15 is 0 Å². The Morgan fingerprint density at radius 2 is 2.17 bits per heavy atom. The summed E-state index contributed by atoms with van der Waals surface area (Å²) in [5.41, 5.74) is 3.57. The lowest BCUT2D eigenvalue weighted by Gasteiger charge is -2.07. The van der Waals surface area contributed by atoms with Gasteiger partial charge in [-0.1, -0.05) is 6.92 Å². The lowest BCUT2D eigenvalue weighted by Crippen LogP contribution is -2.05. The molecule has 0 bridgehead atoms. The van der Waals surface area contributed by atoms with Crippen LogP contribution in [0.15, 0.2) is 30.9 Å². The largest absolute Gasteiger partial charge is 0.462 e. The van der Waals surface area contributed by atoms with Crippen LogP contribution in [0.3, 0.4) is 0 Å². The molecule has 0 saturated heterocycles. The summed E-state index contributed by atoms with van der Waals surface area (Å²) >= 11 is 0. The monoisotopic (exact) mass is 244 g/mol. The number of nitrogens with zero attached hydrogens (tertiary/aromatic N) is 1. The number of ether oxygens (including phenoxy) is 1. The number of H-pyrrole nitrogens is 1. The zero-order chi connectivity index (χ0) is 13.0. The van der Waals surface area contributed by atoms with Crippen molar-refractivity contribution in [3.05, 3.63) is 42.0 Å². The number of aromatic amines is 1. The number of esters is 1. The standard InChI is InChI=1S/C14H16N2O2/c1-3-10-7-15-6-5-11(10)12-8-16-9-13(12)14(17)18-4-2/h5-9,16H,3-4H2,1-2H3. The Morgan fingerprint density at radius 3 is 2.89 bits per heavy atom. The van der Waals surface area contributed by atoms with E-state index in [1.807, 2.05) is 18.5 Å². The number of hydrogen-bond acceptors (Lipinski definition) is 3. The summed E-state index contributed by atoms with van der Waals surface area (Å²) in [5, 5.41) is 0. The molecule has 0 aliphatic heterocycles. The van der Waals surface area contributed by atoms with Crippen molar-refractivity contribution in [2.45, 2.75) is 20.3 Å². The van der Waals surface area contributed by atoms with Crippen LogP contribution in [-0.2, 0) is 11.2 Å². The molecule has 2 rings (SSSR count). The molecule has 0 radical (unpaired) electrons. The molecule has 1 N–H and O–H groups in total. The maximum absolute atomic E-state index is 11.8. The lowest BCUT2D eigenvalue weighted by atomic mass is 9.99. The molecule has 2 heterocycles. The number of hydrogen-bond donors (Lipinski definition) is 1. The molecule has 4 heteroatoms. The molecular formula is C14H16N2O2. The van der Waals surface area contributed by atoms with Crippen molar-refractivity contribution in [1.29, 1.82) is 0 Å². The van der Waals surface area contributed by atoms with Crippen LogP contribution < -0.4 is 0 Å². The van der Waals surface area contributed by atoms with Gasteiger partial charge in [-0.05, 0) is 30.5 Å². The maximum Gasteiger partial charge on any atom is 0.340 e. The van der Waals surface area contributed by atoms with Gasteiger partial charge in [0.25, 0.3) is 0 Å². The number of rotatable bonds is 4.